The fourth-order valence-corrected chi connectivity index (χ4v) is 0.442. The second-order valence-corrected chi connectivity index (χ2v) is 2.32. The molecule has 0 spiro atoms. The third-order valence-corrected chi connectivity index (χ3v) is 1.51. The lowest BCUT2D eigenvalue weighted by molar-refractivity contribution is 0.376. The highest BCUT2D eigenvalue weighted by molar-refractivity contribution is 6.21. The average Bonchev–Trinajstić information content (AvgIpc) is 1.65. The van der Waals surface area contributed by atoms with Crippen LogP contribution in [-0.2, 0) is 0 Å². The minimum absolute atomic E-state index is 0.0394. The molecule has 0 bridgehead atoms. The van der Waals surface area contributed by atoms with Gasteiger partial charge in [0.1, 0.15) is 0 Å². The van der Waals surface area contributed by atoms with Crippen molar-refractivity contribution < 1.29 is 0 Å². The molecule has 0 aromatic rings. The van der Waals surface area contributed by atoms with Crippen molar-refractivity contribution in [3.63, 3.8) is 0 Å². The van der Waals surface area contributed by atoms with Gasteiger partial charge in [0.15, 0.2) is 0 Å². The molecule has 0 aliphatic rings. The molecule has 0 aliphatic carbocycles. The highest BCUT2D eigenvalue weighted by atomic mass is 35.5. The van der Waals surface area contributed by atoms with Gasteiger partial charge in [-0.25, -0.2) is 0 Å². The number of hydrogen-bond acceptors (Lipinski definition) is 1. The average molecular weight is 142 g/mol. The van der Waals surface area contributed by atoms with Gasteiger partial charge in [-0.15, -0.1) is 23.2 Å². The van der Waals surface area contributed by atoms with Crippen LogP contribution in [0.5, 0.6) is 0 Å². The number of rotatable bonds is 2. The van der Waals surface area contributed by atoms with Gasteiger partial charge < -0.3 is 0 Å². The van der Waals surface area contributed by atoms with Crippen LogP contribution in [0.15, 0.2) is 0 Å². The Kier molecular flexibility index (Phi) is 3.80. The molecule has 3 heteroatoms. The lowest BCUT2D eigenvalue weighted by Crippen LogP contribution is -2.22. The van der Waals surface area contributed by atoms with Crippen molar-refractivity contribution >= 4 is 23.2 Å². The van der Waals surface area contributed by atoms with Crippen LogP contribution in [0.25, 0.3) is 0 Å². The first kappa shape index (κ1) is 7.54. The van der Waals surface area contributed by atoms with Crippen LogP contribution in [0.2, 0.25) is 0 Å². The molecule has 0 rings (SSSR count). The summed E-state index contributed by atoms with van der Waals surface area (Å²) in [5.74, 6) is 0. The minimum atomic E-state index is 0.0394. The fourth-order valence-electron chi connectivity index (χ4n) is 0.0951. The molecular formula is C4H9Cl2N. The third kappa shape index (κ3) is 3.15. The van der Waals surface area contributed by atoms with E-state index in [1.54, 1.807) is 0 Å². The zero-order valence-corrected chi connectivity index (χ0v) is 6.00. The molecule has 1 nitrogen and oxygen atoms in total. The van der Waals surface area contributed by atoms with Crippen molar-refractivity contribution in [1.29, 1.82) is 0 Å². The van der Waals surface area contributed by atoms with Gasteiger partial charge in [-0.3, -0.25) is 4.90 Å². The van der Waals surface area contributed by atoms with Crippen molar-refractivity contribution in [2.24, 2.45) is 0 Å². The predicted octanol–water partition coefficient (Wildman–Crippen LogP) is 1.70. The van der Waals surface area contributed by atoms with E-state index >= 15 is 0 Å². The smallest absolute Gasteiger partial charge is 0.0828 e. The fraction of sp³-hybridized carbons (Fsp3) is 1.00. The first-order valence-corrected chi connectivity index (χ1v) is 3.06. The second kappa shape index (κ2) is 3.53. The predicted molar refractivity (Wildman–Crippen MR) is 33.8 cm³/mol. The lowest BCUT2D eigenvalue weighted by Gasteiger charge is -2.13. The number of alkyl halides is 2. The maximum absolute atomic E-state index is 5.57. The molecule has 0 saturated heterocycles. The summed E-state index contributed by atoms with van der Waals surface area (Å²) in [6.45, 7) is 1.88. The van der Waals surface area contributed by atoms with Gasteiger partial charge in [-0.05, 0) is 14.0 Å². The highest BCUT2D eigenvalue weighted by Gasteiger charge is 1.99. The van der Waals surface area contributed by atoms with Gasteiger partial charge in [0.05, 0.1) is 11.5 Å². The van der Waals surface area contributed by atoms with Crippen molar-refractivity contribution in [2.75, 3.05) is 13.1 Å². The van der Waals surface area contributed by atoms with Crippen LogP contribution < -0.4 is 0 Å². The summed E-state index contributed by atoms with van der Waals surface area (Å²) in [6.07, 6.45) is 0. The molecule has 44 valence electrons. The molecule has 7 heavy (non-hydrogen) atoms. The van der Waals surface area contributed by atoms with Gasteiger partial charge >= 0.3 is 0 Å². The van der Waals surface area contributed by atoms with E-state index < -0.39 is 0 Å². The van der Waals surface area contributed by atoms with Crippen molar-refractivity contribution in [3.8, 4) is 0 Å². The van der Waals surface area contributed by atoms with Crippen LogP contribution in [0.4, 0.5) is 0 Å². The third-order valence-electron chi connectivity index (χ3n) is 0.796. The highest BCUT2D eigenvalue weighted by Crippen LogP contribution is 1.99. The Morgan fingerprint density at radius 1 is 1.71 bits per heavy atom. The van der Waals surface area contributed by atoms with Gasteiger partial charge in [0.25, 0.3) is 0 Å². The molecule has 0 heterocycles. The van der Waals surface area contributed by atoms with E-state index in [2.05, 4.69) is 0 Å². The van der Waals surface area contributed by atoms with Crippen LogP contribution in [0.1, 0.15) is 6.92 Å². The van der Waals surface area contributed by atoms with E-state index in [0.29, 0.717) is 6.00 Å². The molecule has 0 saturated carbocycles. The molecule has 1 unspecified atom stereocenters. The largest absolute Gasteiger partial charge is 0.277 e. The molecule has 0 aromatic heterocycles. The van der Waals surface area contributed by atoms with Crippen LogP contribution >= 0.6 is 23.2 Å². The topological polar surface area (TPSA) is 3.24 Å². The number of nitrogens with zero attached hydrogens (tertiary/aromatic N) is 1. The Morgan fingerprint density at radius 2 is 2.14 bits per heavy atom. The Balaban J connectivity index is 3.14. The Bertz CT molecular complexity index is 47.0. The molecule has 0 fully saturated rings. The van der Waals surface area contributed by atoms with E-state index in [0.717, 1.165) is 0 Å². The first-order valence-electron chi connectivity index (χ1n) is 2.08. The lowest BCUT2D eigenvalue weighted by atomic mass is 10.7. The van der Waals surface area contributed by atoms with Crippen LogP contribution in [-0.4, -0.2) is 23.5 Å². The summed E-state index contributed by atoms with van der Waals surface area (Å²) >= 11 is 11.0. The molecule has 0 aromatic carbocycles. The number of halogens is 2. The normalized spacial score (nSPS) is 15.0. The van der Waals surface area contributed by atoms with E-state index in [-0.39, 0.29) is 5.50 Å². The molecule has 0 amide bonds. The summed E-state index contributed by atoms with van der Waals surface area (Å²) in [6, 6.07) is 0.491. The maximum atomic E-state index is 5.57. The molecular weight excluding hydrogens is 133 g/mol. The number of hydrogen-bond donors (Lipinski definition) is 0. The van der Waals surface area contributed by atoms with E-state index in [4.69, 9.17) is 23.2 Å². The monoisotopic (exact) mass is 141 g/mol. The molecule has 0 aliphatic heterocycles. The second-order valence-electron chi connectivity index (χ2n) is 1.45. The van der Waals surface area contributed by atoms with Crippen molar-refractivity contribution in [2.45, 2.75) is 12.4 Å². The Labute approximate surface area is 54.2 Å². The SMILES string of the molecule is CC(Cl)N(C)CCl. The maximum Gasteiger partial charge on any atom is 0.0828 e. The minimum Gasteiger partial charge on any atom is -0.277 e. The molecule has 1 atom stereocenters. The van der Waals surface area contributed by atoms with Gasteiger partial charge in [-0.1, -0.05) is 0 Å². The van der Waals surface area contributed by atoms with E-state index in [9.17, 15) is 0 Å². The summed E-state index contributed by atoms with van der Waals surface area (Å²) in [5.41, 5.74) is 0.0394. The van der Waals surface area contributed by atoms with Crippen molar-refractivity contribution in [1.82, 2.24) is 4.90 Å². The van der Waals surface area contributed by atoms with Crippen LogP contribution in [0.3, 0.4) is 0 Å². The van der Waals surface area contributed by atoms with E-state index in [1.807, 2.05) is 18.9 Å². The first-order chi connectivity index (χ1) is 3.18. The van der Waals surface area contributed by atoms with Crippen LogP contribution in [0, 0.1) is 0 Å². The standard InChI is InChI=1S/C4H9Cl2N/c1-4(6)7(2)3-5/h4H,3H2,1-2H3. The summed E-state index contributed by atoms with van der Waals surface area (Å²) < 4.78 is 0. The summed E-state index contributed by atoms with van der Waals surface area (Å²) in [4.78, 5) is 1.82. The van der Waals surface area contributed by atoms with Gasteiger partial charge in [0, 0.05) is 0 Å². The zero-order valence-electron chi connectivity index (χ0n) is 4.49. The Hall–Kier alpha value is 0.540. The Morgan fingerprint density at radius 3 is 2.14 bits per heavy atom. The molecule has 0 N–H and O–H groups in total. The molecule has 0 radical (unpaired) electrons. The van der Waals surface area contributed by atoms with Gasteiger partial charge in [-0.2, -0.15) is 0 Å². The van der Waals surface area contributed by atoms with E-state index in [1.165, 1.54) is 0 Å². The zero-order chi connectivity index (χ0) is 5.86. The van der Waals surface area contributed by atoms with Crippen molar-refractivity contribution in [3.05, 3.63) is 0 Å². The summed E-state index contributed by atoms with van der Waals surface area (Å²) in [7, 11) is 1.87. The summed E-state index contributed by atoms with van der Waals surface area (Å²) in [5, 5.41) is 0. The van der Waals surface area contributed by atoms with Gasteiger partial charge in [0.2, 0.25) is 0 Å². The quantitative estimate of drug-likeness (QED) is 0.419.